The molecule has 1 aliphatic heterocycles. The maximum Gasteiger partial charge on any atom is 0.261 e. The molecule has 8 heteroatoms. The highest BCUT2D eigenvalue weighted by molar-refractivity contribution is 5.96. The van der Waals surface area contributed by atoms with Crippen molar-refractivity contribution in [3.05, 3.63) is 82.7 Å². The van der Waals surface area contributed by atoms with E-state index in [4.69, 9.17) is 0 Å². The molecule has 158 valence electrons. The Balaban J connectivity index is 1.59. The quantitative estimate of drug-likeness (QED) is 0.501. The van der Waals surface area contributed by atoms with Crippen LogP contribution in [-0.4, -0.2) is 37.7 Å². The van der Waals surface area contributed by atoms with Crippen molar-refractivity contribution < 1.29 is 13.6 Å². The molecule has 0 radical (unpaired) electrons. The minimum Gasteiger partial charge on any atom is -0.328 e. The van der Waals surface area contributed by atoms with E-state index >= 15 is 0 Å². The van der Waals surface area contributed by atoms with Crippen molar-refractivity contribution in [2.24, 2.45) is 0 Å². The van der Waals surface area contributed by atoms with Gasteiger partial charge in [0.25, 0.3) is 17.9 Å². The molecule has 0 aliphatic carbocycles. The molecule has 1 saturated heterocycles. The fourth-order valence-electron chi connectivity index (χ4n) is 4.37. The van der Waals surface area contributed by atoms with Crippen molar-refractivity contribution in [1.82, 2.24) is 18.9 Å². The van der Waals surface area contributed by atoms with E-state index in [0.29, 0.717) is 35.9 Å². The van der Waals surface area contributed by atoms with Gasteiger partial charge in [-0.2, -0.15) is 0 Å². The number of carbonyl (C=O) groups is 1. The van der Waals surface area contributed by atoms with Crippen LogP contribution in [0.25, 0.3) is 16.4 Å². The van der Waals surface area contributed by atoms with Crippen molar-refractivity contribution in [2.45, 2.75) is 31.9 Å². The minimum absolute atomic E-state index is 0.197. The summed E-state index contributed by atoms with van der Waals surface area (Å²) < 4.78 is 29.6. The van der Waals surface area contributed by atoms with Crippen LogP contribution in [0.3, 0.4) is 0 Å². The predicted molar refractivity (Wildman–Crippen MR) is 112 cm³/mol. The smallest absolute Gasteiger partial charge is 0.261 e. The Labute approximate surface area is 176 Å². The van der Waals surface area contributed by atoms with Crippen LogP contribution in [0.15, 0.2) is 65.7 Å². The molecule has 1 aromatic carbocycles. The number of nitrogens with zero attached hydrogens (tertiary/aromatic N) is 4. The Kier molecular flexibility index (Phi) is 4.77. The number of rotatable bonds is 4. The lowest BCUT2D eigenvalue weighted by Gasteiger charge is -2.26. The monoisotopic (exact) mass is 422 g/mol. The van der Waals surface area contributed by atoms with Crippen LogP contribution in [-0.2, 0) is 6.54 Å². The molecule has 1 amide bonds. The van der Waals surface area contributed by atoms with E-state index in [-0.39, 0.29) is 11.7 Å². The van der Waals surface area contributed by atoms with Crippen molar-refractivity contribution in [2.75, 3.05) is 6.54 Å². The lowest BCUT2D eigenvalue weighted by atomic mass is 10.1. The highest BCUT2D eigenvalue weighted by Gasteiger charge is 2.35. The summed E-state index contributed by atoms with van der Waals surface area (Å²) in [5.41, 5.74) is 1.35. The molecule has 0 bridgehead atoms. The number of alkyl halides is 2. The Morgan fingerprint density at radius 1 is 1.16 bits per heavy atom. The number of hydrogen-bond acceptors (Lipinski definition) is 3. The third-order valence-corrected chi connectivity index (χ3v) is 5.77. The van der Waals surface area contributed by atoms with E-state index in [1.54, 1.807) is 41.4 Å². The third kappa shape index (κ3) is 3.37. The van der Waals surface area contributed by atoms with Gasteiger partial charge in [0.05, 0.1) is 29.1 Å². The summed E-state index contributed by atoms with van der Waals surface area (Å²) >= 11 is 0. The minimum atomic E-state index is -2.71. The largest absolute Gasteiger partial charge is 0.328 e. The highest BCUT2D eigenvalue weighted by atomic mass is 19.3. The van der Waals surface area contributed by atoms with Crippen molar-refractivity contribution in [1.29, 1.82) is 0 Å². The van der Waals surface area contributed by atoms with Crippen LogP contribution in [0, 0.1) is 0 Å². The van der Waals surface area contributed by atoms with Crippen LogP contribution in [0.4, 0.5) is 8.78 Å². The number of para-hydroxylation sites is 1. The Morgan fingerprint density at radius 2 is 1.97 bits per heavy atom. The van der Waals surface area contributed by atoms with Gasteiger partial charge in [-0.15, -0.1) is 0 Å². The van der Waals surface area contributed by atoms with Gasteiger partial charge in [0.1, 0.15) is 5.82 Å². The number of amides is 1. The summed E-state index contributed by atoms with van der Waals surface area (Å²) in [5.74, 6) is 0.0239. The normalized spacial score (nSPS) is 16.6. The SMILES string of the molecule is O=C(c1cc2ccccn2c1)N1CCCC1c1nc2ccccc2c(=O)n1CC(F)F. The Morgan fingerprint density at radius 3 is 2.77 bits per heavy atom. The number of likely N-dealkylation sites (tertiary alicyclic amines) is 1. The lowest BCUT2D eigenvalue weighted by Crippen LogP contribution is -2.36. The van der Waals surface area contributed by atoms with Gasteiger partial charge in [0.2, 0.25) is 0 Å². The first-order valence-electron chi connectivity index (χ1n) is 10.2. The zero-order valence-electron chi connectivity index (χ0n) is 16.6. The number of hydrogen-bond donors (Lipinski definition) is 0. The molecule has 0 saturated carbocycles. The molecule has 1 fully saturated rings. The number of halogens is 2. The van der Waals surface area contributed by atoms with Crippen LogP contribution >= 0.6 is 0 Å². The topological polar surface area (TPSA) is 59.6 Å². The highest BCUT2D eigenvalue weighted by Crippen LogP contribution is 2.33. The van der Waals surface area contributed by atoms with Crippen LogP contribution in [0.1, 0.15) is 35.1 Å². The number of fused-ring (bicyclic) bond motifs is 2. The summed E-state index contributed by atoms with van der Waals surface area (Å²) in [5, 5.41) is 0.293. The maximum absolute atomic E-state index is 13.3. The summed E-state index contributed by atoms with van der Waals surface area (Å²) in [7, 11) is 0. The molecular weight excluding hydrogens is 402 g/mol. The average molecular weight is 422 g/mol. The molecule has 6 nitrogen and oxygen atoms in total. The third-order valence-electron chi connectivity index (χ3n) is 5.77. The van der Waals surface area contributed by atoms with E-state index in [2.05, 4.69) is 4.98 Å². The van der Waals surface area contributed by atoms with Gasteiger partial charge in [0.15, 0.2) is 0 Å². The number of carbonyl (C=O) groups excluding carboxylic acids is 1. The first-order valence-corrected chi connectivity index (χ1v) is 10.2. The maximum atomic E-state index is 13.3. The second-order valence-corrected chi connectivity index (χ2v) is 7.71. The van der Waals surface area contributed by atoms with Crippen molar-refractivity contribution in [3.8, 4) is 0 Å². The molecule has 0 N–H and O–H groups in total. The fourth-order valence-corrected chi connectivity index (χ4v) is 4.37. The molecular formula is C23H20F2N4O2. The van der Waals surface area contributed by atoms with Gasteiger partial charge in [-0.05, 0) is 43.2 Å². The zero-order chi connectivity index (χ0) is 21.5. The number of benzene rings is 1. The van der Waals surface area contributed by atoms with E-state index in [0.717, 1.165) is 10.1 Å². The second kappa shape index (κ2) is 7.61. The molecule has 1 unspecified atom stereocenters. The average Bonchev–Trinajstić information content (AvgIpc) is 3.42. The summed E-state index contributed by atoms with van der Waals surface area (Å²) in [6.45, 7) is -0.270. The van der Waals surface area contributed by atoms with Gasteiger partial charge in [-0.3, -0.25) is 14.2 Å². The van der Waals surface area contributed by atoms with Crippen molar-refractivity contribution >= 4 is 22.3 Å². The van der Waals surface area contributed by atoms with Crippen LogP contribution in [0.5, 0.6) is 0 Å². The van der Waals surface area contributed by atoms with Crippen LogP contribution < -0.4 is 5.56 Å². The summed E-state index contributed by atoms with van der Waals surface area (Å²) in [6.07, 6.45) is 2.18. The van der Waals surface area contributed by atoms with Crippen LogP contribution in [0.2, 0.25) is 0 Å². The Bertz CT molecular complexity index is 1310. The molecule has 4 aromatic rings. The fraction of sp³-hybridized carbons (Fsp3) is 0.261. The Hall–Kier alpha value is -3.55. The lowest BCUT2D eigenvalue weighted by molar-refractivity contribution is 0.0721. The van der Waals surface area contributed by atoms with Gasteiger partial charge >= 0.3 is 0 Å². The van der Waals surface area contributed by atoms with Gasteiger partial charge in [-0.1, -0.05) is 18.2 Å². The second-order valence-electron chi connectivity index (χ2n) is 7.71. The first kappa shape index (κ1) is 19.4. The van der Waals surface area contributed by atoms with E-state index in [1.807, 2.05) is 28.8 Å². The summed E-state index contributed by atoms with van der Waals surface area (Å²) in [6, 6.07) is 13.6. The first-order chi connectivity index (χ1) is 15.0. The molecule has 0 spiro atoms. The molecule has 1 aliphatic rings. The molecule has 1 atom stereocenters. The van der Waals surface area contributed by atoms with E-state index < -0.39 is 24.6 Å². The van der Waals surface area contributed by atoms with Gasteiger partial charge < -0.3 is 9.30 Å². The standard InChI is InChI=1S/C23H20F2N4O2/c24-20(25)14-29-21(26-18-8-2-1-7-17(18)23(29)31)19-9-5-11-28(19)22(30)15-12-16-6-3-4-10-27(16)13-15/h1-4,6-8,10,12-13,19-20H,5,9,11,14H2. The molecule has 31 heavy (non-hydrogen) atoms. The van der Waals surface area contributed by atoms with Gasteiger partial charge in [0, 0.05) is 24.5 Å². The van der Waals surface area contributed by atoms with E-state index in [9.17, 15) is 18.4 Å². The molecule has 5 rings (SSSR count). The zero-order valence-corrected chi connectivity index (χ0v) is 16.6. The molecule has 4 heterocycles. The van der Waals surface area contributed by atoms with E-state index in [1.165, 1.54) is 0 Å². The van der Waals surface area contributed by atoms with Crippen molar-refractivity contribution in [3.63, 3.8) is 0 Å². The van der Waals surface area contributed by atoms with Gasteiger partial charge in [-0.25, -0.2) is 13.8 Å². The molecule has 3 aromatic heterocycles. The number of aromatic nitrogens is 3. The summed E-state index contributed by atoms with van der Waals surface area (Å²) in [4.78, 5) is 32.5. The predicted octanol–water partition coefficient (Wildman–Crippen LogP) is 3.89. The number of pyridine rings is 1.